The Balaban J connectivity index is 1.98. The number of methoxy groups -OCH3 is 1. The lowest BCUT2D eigenvalue weighted by atomic mass is 9.64. The van der Waals surface area contributed by atoms with Gasteiger partial charge in [-0.25, -0.2) is 4.39 Å². The van der Waals surface area contributed by atoms with Crippen LogP contribution in [0.2, 0.25) is 0 Å². The highest BCUT2D eigenvalue weighted by atomic mass is 19.1. The van der Waals surface area contributed by atoms with E-state index in [4.69, 9.17) is 4.74 Å². The molecule has 114 valence electrons. The van der Waals surface area contributed by atoms with E-state index in [2.05, 4.69) is 6.92 Å². The Labute approximate surface area is 124 Å². The maximum absolute atomic E-state index is 13.1. The van der Waals surface area contributed by atoms with Gasteiger partial charge in [0.25, 0.3) is 0 Å². The lowest BCUT2D eigenvalue weighted by Gasteiger charge is -2.39. The molecule has 2 saturated carbocycles. The number of ether oxygens (including phenoxy) is 1. The van der Waals surface area contributed by atoms with E-state index in [-0.39, 0.29) is 29.5 Å². The third kappa shape index (κ3) is 2.35. The van der Waals surface area contributed by atoms with Crippen molar-refractivity contribution >= 4 is 5.97 Å². The Morgan fingerprint density at radius 3 is 2.57 bits per heavy atom. The number of aliphatic hydroxyl groups excluding tert-OH is 1. The summed E-state index contributed by atoms with van der Waals surface area (Å²) in [7, 11) is 1.39. The number of aliphatic hydroxyl groups is 1. The number of rotatable bonds is 2. The number of halogens is 1. The van der Waals surface area contributed by atoms with Gasteiger partial charge in [-0.2, -0.15) is 0 Å². The number of carbonyl (C=O) groups excluding carboxylic acids is 1. The molecule has 2 aliphatic carbocycles. The molecule has 1 N–H and O–H groups in total. The van der Waals surface area contributed by atoms with E-state index in [1.165, 1.54) is 19.2 Å². The predicted molar refractivity (Wildman–Crippen MR) is 76.0 cm³/mol. The van der Waals surface area contributed by atoms with E-state index in [1.807, 2.05) is 0 Å². The molecule has 2 aliphatic rings. The first kappa shape index (κ1) is 14.5. The third-order valence-electron chi connectivity index (χ3n) is 5.52. The van der Waals surface area contributed by atoms with Gasteiger partial charge in [-0.05, 0) is 48.3 Å². The van der Waals surface area contributed by atoms with Gasteiger partial charge in [-0.3, -0.25) is 4.79 Å². The molecule has 21 heavy (non-hydrogen) atoms. The van der Waals surface area contributed by atoms with Crippen molar-refractivity contribution < 1.29 is 19.0 Å². The summed E-state index contributed by atoms with van der Waals surface area (Å²) >= 11 is 0. The zero-order valence-corrected chi connectivity index (χ0v) is 12.3. The standard InChI is InChI=1S/C17H21FO3/c1-9-11-7-13(10-3-5-12(18)6-4-10)16(17(20)21-2)15(9)14(19)8-11/h3-6,9,11,13-16,19H,7-8H2,1-2H3/t9?,11-,13-,14-,15-,16+/m1/s1. The second-order valence-electron chi connectivity index (χ2n) is 6.44. The van der Waals surface area contributed by atoms with Crippen LogP contribution < -0.4 is 0 Å². The monoisotopic (exact) mass is 292 g/mol. The summed E-state index contributed by atoms with van der Waals surface area (Å²) in [6, 6.07) is 6.36. The van der Waals surface area contributed by atoms with Gasteiger partial charge in [0.1, 0.15) is 5.82 Å². The van der Waals surface area contributed by atoms with E-state index in [1.54, 1.807) is 12.1 Å². The number of hydrogen-bond acceptors (Lipinski definition) is 3. The molecule has 0 amide bonds. The smallest absolute Gasteiger partial charge is 0.309 e. The van der Waals surface area contributed by atoms with Crippen molar-refractivity contribution in [2.45, 2.75) is 31.8 Å². The first-order valence-corrected chi connectivity index (χ1v) is 7.54. The topological polar surface area (TPSA) is 46.5 Å². The van der Waals surface area contributed by atoms with Crippen molar-refractivity contribution in [1.29, 1.82) is 0 Å². The summed E-state index contributed by atoms with van der Waals surface area (Å²) in [5, 5.41) is 10.3. The summed E-state index contributed by atoms with van der Waals surface area (Å²) in [5.74, 6) is -0.209. The SMILES string of the molecule is COC(=O)[C@@H]1[C@@H]2C(C)[C@@H](C[C@H]2O)C[C@@H]1c1ccc(F)cc1. The van der Waals surface area contributed by atoms with Gasteiger partial charge in [0.05, 0.1) is 19.1 Å². The van der Waals surface area contributed by atoms with Crippen molar-refractivity contribution in [2.75, 3.05) is 7.11 Å². The molecule has 2 bridgehead atoms. The Bertz CT molecular complexity index is 527. The second-order valence-corrected chi connectivity index (χ2v) is 6.44. The molecular weight excluding hydrogens is 271 g/mol. The van der Waals surface area contributed by atoms with Crippen LogP contribution in [0.15, 0.2) is 24.3 Å². The van der Waals surface area contributed by atoms with Crippen LogP contribution in [0, 0.1) is 29.5 Å². The third-order valence-corrected chi connectivity index (χ3v) is 5.52. The molecule has 0 aromatic heterocycles. The molecule has 1 aromatic rings. The minimum Gasteiger partial charge on any atom is -0.469 e. The molecule has 1 aromatic carbocycles. The van der Waals surface area contributed by atoms with E-state index < -0.39 is 6.10 Å². The molecule has 0 radical (unpaired) electrons. The van der Waals surface area contributed by atoms with Crippen LogP contribution in [0.1, 0.15) is 31.2 Å². The van der Waals surface area contributed by atoms with Gasteiger partial charge >= 0.3 is 5.97 Å². The number of esters is 1. The molecule has 1 unspecified atom stereocenters. The Kier molecular flexibility index (Phi) is 3.74. The van der Waals surface area contributed by atoms with Gasteiger partial charge in [0.2, 0.25) is 0 Å². The number of hydrogen-bond donors (Lipinski definition) is 1. The zero-order valence-electron chi connectivity index (χ0n) is 12.3. The Morgan fingerprint density at radius 2 is 1.95 bits per heavy atom. The summed E-state index contributed by atoms with van der Waals surface area (Å²) in [6.07, 6.45) is 1.15. The summed E-state index contributed by atoms with van der Waals surface area (Å²) in [6.45, 7) is 2.11. The lowest BCUT2D eigenvalue weighted by Crippen LogP contribution is -2.40. The fraction of sp³-hybridized carbons (Fsp3) is 0.588. The minimum atomic E-state index is -0.445. The highest BCUT2D eigenvalue weighted by Gasteiger charge is 2.54. The van der Waals surface area contributed by atoms with Gasteiger partial charge in [-0.1, -0.05) is 19.1 Å². The van der Waals surface area contributed by atoms with Gasteiger partial charge < -0.3 is 9.84 Å². The largest absolute Gasteiger partial charge is 0.469 e. The molecule has 4 heteroatoms. The first-order chi connectivity index (χ1) is 10.0. The second kappa shape index (κ2) is 5.41. The minimum absolute atomic E-state index is 0.00130. The molecule has 0 spiro atoms. The van der Waals surface area contributed by atoms with Crippen LogP contribution in [0.5, 0.6) is 0 Å². The highest BCUT2D eigenvalue weighted by Crippen LogP contribution is 2.55. The maximum Gasteiger partial charge on any atom is 0.309 e. The van der Waals surface area contributed by atoms with E-state index >= 15 is 0 Å². The van der Waals surface area contributed by atoms with E-state index in [0.29, 0.717) is 11.8 Å². The van der Waals surface area contributed by atoms with E-state index in [0.717, 1.165) is 18.4 Å². The summed E-state index contributed by atoms with van der Waals surface area (Å²) in [4.78, 5) is 12.3. The first-order valence-electron chi connectivity index (χ1n) is 7.54. The summed E-state index contributed by atoms with van der Waals surface area (Å²) in [5.41, 5.74) is 0.961. The van der Waals surface area contributed by atoms with Gasteiger partial charge in [0, 0.05) is 5.92 Å². The average molecular weight is 292 g/mol. The summed E-state index contributed by atoms with van der Waals surface area (Å²) < 4.78 is 18.1. The van der Waals surface area contributed by atoms with Crippen molar-refractivity contribution in [2.24, 2.45) is 23.7 Å². The fourth-order valence-corrected chi connectivity index (χ4v) is 4.48. The molecule has 3 rings (SSSR count). The Morgan fingerprint density at radius 1 is 1.29 bits per heavy atom. The zero-order chi connectivity index (χ0) is 15.1. The fourth-order valence-electron chi connectivity index (χ4n) is 4.48. The van der Waals surface area contributed by atoms with Gasteiger partial charge in [-0.15, -0.1) is 0 Å². The van der Waals surface area contributed by atoms with E-state index in [9.17, 15) is 14.3 Å². The lowest BCUT2D eigenvalue weighted by molar-refractivity contribution is -0.152. The van der Waals surface area contributed by atoms with Crippen LogP contribution in [0.3, 0.4) is 0 Å². The van der Waals surface area contributed by atoms with Crippen LogP contribution >= 0.6 is 0 Å². The van der Waals surface area contributed by atoms with Crippen molar-refractivity contribution in [3.05, 3.63) is 35.6 Å². The van der Waals surface area contributed by atoms with Crippen LogP contribution in [-0.4, -0.2) is 24.3 Å². The molecular formula is C17H21FO3. The number of carbonyl (C=O) groups is 1. The molecule has 0 aliphatic heterocycles. The molecule has 6 atom stereocenters. The normalized spacial score (nSPS) is 38.3. The van der Waals surface area contributed by atoms with Crippen LogP contribution in [-0.2, 0) is 9.53 Å². The van der Waals surface area contributed by atoms with Crippen molar-refractivity contribution in [3.8, 4) is 0 Å². The highest BCUT2D eigenvalue weighted by molar-refractivity contribution is 5.74. The average Bonchev–Trinajstić information content (AvgIpc) is 2.66. The predicted octanol–water partition coefficient (Wildman–Crippen LogP) is 2.74. The molecule has 3 nitrogen and oxygen atoms in total. The van der Waals surface area contributed by atoms with Crippen LogP contribution in [0.25, 0.3) is 0 Å². The quantitative estimate of drug-likeness (QED) is 0.853. The maximum atomic E-state index is 13.1. The van der Waals surface area contributed by atoms with Crippen LogP contribution in [0.4, 0.5) is 4.39 Å². The molecule has 2 fully saturated rings. The number of fused-ring (bicyclic) bond motifs is 2. The molecule has 0 saturated heterocycles. The molecule has 0 heterocycles. The van der Waals surface area contributed by atoms with Crippen molar-refractivity contribution in [1.82, 2.24) is 0 Å². The van der Waals surface area contributed by atoms with Gasteiger partial charge in [0.15, 0.2) is 0 Å². The Hall–Kier alpha value is -1.42. The number of benzene rings is 1. The van der Waals surface area contributed by atoms with Crippen molar-refractivity contribution in [3.63, 3.8) is 0 Å².